The van der Waals surface area contributed by atoms with E-state index in [1.807, 2.05) is 30.3 Å². The van der Waals surface area contributed by atoms with Crippen LogP contribution in [0.15, 0.2) is 48.5 Å². The number of aryl methyl sites for hydroxylation is 1. The van der Waals surface area contributed by atoms with E-state index in [2.05, 4.69) is 31.4 Å². The minimum Gasteiger partial charge on any atom is -0.481 e. The average Bonchev–Trinajstić information content (AvgIpc) is 3.43. The first-order chi connectivity index (χ1) is 20.8. The summed E-state index contributed by atoms with van der Waals surface area (Å²) in [6, 6.07) is 10.7. The molecule has 3 aromatic rings. The Bertz CT molecular complexity index is 1500. The number of carbonyl (C=O) groups is 5. The van der Waals surface area contributed by atoms with E-state index in [0.717, 1.165) is 10.4 Å². The molecule has 0 fully saturated rings. The number of hydrogen-bond donors (Lipinski definition) is 4. The number of carboxylic acids is 1. The van der Waals surface area contributed by atoms with E-state index in [1.54, 1.807) is 32.0 Å². The molecule has 2 aromatic carbocycles. The van der Waals surface area contributed by atoms with Crippen molar-refractivity contribution in [3.63, 3.8) is 0 Å². The smallest absolute Gasteiger partial charge is 0.305 e. The van der Waals surface area contributed by atoms with Gasteiger partial charge in [-0.3, -0.25) is 24.0 Å². The van der Waals surface area contributed by atoms with E-state index in [-0.39, 0.29) is 34.1 Å². The highest BCUT2D eigenvalue weighted by atomic mass is 35.5. The molecule has 3 atom stereocenters. The predicted octanol–water partition coefficient (Wildman–Crippen LogP) is 2.45. The molecule has 0 saturated heterocycles. The standard InChI is InChI=1S/C29H33Cl2N7O6/c1-16(2)26(34-23(40)13-12-18-8-5-4-6-9-18)29(44)32-17(3)28(43)33-21(14-24(41)42)22(39)15-38-36-27(35-37-38)19-10-7-11-20(30)25(19)31/h4-11,16-17,21,26H,12-15H2,1-3H3,(H,32,44)(H,33,43)(H,34,40)(H,41,42)/t17-,21?,26-/m0/s1. The molecule has 1 aromatic heterocycles. The Balaban J connectivity index is 1.60. The maximum absolute atomic E-state index is 13.0. The highest BCUT2D eigenvalue weighted by Crippen LogP contribution is 2.31. The number of Topliss-reactive ketones (excluding diaryl/α,β-unsaturated/α-hetero) is 1. The number of hydrogen-bond acceptors (Lipinski definition) is 8. The van der Waals surface area contributed by atoms with Gasteiger partial charge in [0.05, 0.1) is 16.5 Å². The summed E-state index contributed by atoms with van der Waals surface area (Å²) in [4.78, 5) is 63.9. The second-order valence-corrected chi connectivity index (χ2v) is 11.2. The van der Waals surface area contributed by atoms with Gasteiger partial charge in [0, 0.05) is 12.0 Å². The third-order valence-corrected chi connectivity index (χ3v) is 7.35. The number of nitrogens with one attached hydrogen (secondary N) is 3. The summed E-state index contributed by atoms with van der Waals surface area (Å²) in [5, 5.41) is 29.2. The number of ketones is 1. The molecule has 1 heterocycles. The summed E-state index contributed by atoms with van der Waals surface area (Å²) in [6.07, 6.45) is -0.0561. The molecule has 0 aliphatic carbocycles. The number of carboxylic acid groups (broad SMARTS) is 1. The van der Waals surface area contributed by atoms with Gasteiger partial charge in [0.2, 0.25) is 23.5 Å². The second-order valence-electron chi connectivity index (χ2n) is 10.4. The molecule has 3 amide bonds. The number of aliphatic carboxylic acids is 1. The van der Waals surface area contributed by atoms with Gasteiger partial charge >= 0.3 is 5.97 Å². The quantitative estimate of drug-likeness (QED) is 0.193. The van der Waals surface area contributed by atoms with Gasteiger partial charge in [0.25, 0.3) is 0 Å². The molecule has 44 heavy (non-hydrogen) atoms. The topological polar surface area (TPSA) is 185 Å². The van der Waals surface area contributed by atoms with Gasteiger partial charge in [0.1, 0.15) is 24.7 Å². The van der Waals surface area contributed by atoms with Crippen molar-refractivity contribution in [3.8, 4) is 11.4 Å². The van der Waals surface area contributed by atoms with E-state index >= 15 is 0 Å². The normalized spacial score (nSPS) is 13.0. The van der Waals surface area contributed by atoms with Gasteiger partial charge in [-0.2, -0.15) is 4.80 Å². The van der Waals surface area contributed by atoms with E-state index in [1.165, 1.54) is 6.92 Å². The number of rotatable bonds is 15. The summed E-state index contributed by atoms with van der Waals surface area (Å²) >= 11 is 12.2. The third-order valence-electron chi connectivity index (χ3n) is 6.53. The lowest BCUT2D eigenvalue weighted by Gasteiger charge is -2.25. The fourth-order valence-corrected chi connectivity index (χ4v) is 4.50. The van der Waals surface area contributed by atoms with Crippen molar-refractivity contribution in [3.05, 3.63) is 64.1 Å². The number of amides is 3. The molecule has 0 bridgehead atoms. The number of carbonyl (C=O) groups excluding carboxylic acids is 4. The molecule has 0 radical (unpaired) electrons. The summed E-state index contributed by atoms with van der Waals surface area (Å²) in [5.41, 5.74) is 1.36. The van der Waals surface area contributed by atoms with Crippen LogP contribution in [0.1, 0.15) is 39.2 Å². The first-order valence-electron chi connectivity index (χ1n) is 13.8. The lowest BCUT2D eigenvalue weighted by Crippen LogP contribution is -2.56. The Morgan fingerprint density at radius 2 is 1.61 bits per heavy atom. The minimum absolute atomic E-state index is 0.0901. The van der Waals surface area contributed by atoms with Crippen LogP contribution in [0.5, 0.6) is 0 Å². The fraction of sp³-hybridized carbons (Fsp3) is 0.379. The maximum atomic E-state index is 13.0. The minimum atomic E-state index is -1.46. The van der Waals surface area contributed by atoms with E-state index in [9.17, 15) is 29.1 Å². The van der Waals surface area contributed by atoms with Crippen LogP contribution in [0.4, 0.5) is 0 Å². The fourth-order valence-electron chi connectivity index (χ4n) is 4.11. The van der Waals surface area contributed by atoms with E-state index in [4.69, 9.17) is 23.2 Å². The number of tetrazole rings is 1. The molecule has 15 heteroatoms. The maximum Gasteiger partial charge on any atom is 0.305 e. The van der Waals surface area contributed by atoms with Crippen molar-refractivity contribution < 1.29 is 29.1 Å². The first-order valence-corrected chi connectivity index (χ1v) is 14.5. The Morgan fingerprint density at radius 3 is 2.27 bits per heavy atom. The van der Waals surface area contributed by atoms with Crippen LogP contribution in [-0.4, -0.2) is 72.9 Å². The first kappa shape index (κ1) is 34.1. The molecule has 0 spiro atoms. The number of halogens is 2. The van der Waals surface area contributed by atoms with Gasteiger partial charge < -0.3 is 21.1 Å². The van der Waals surface area contributed by atoms with Crippen LogP contribution in [0.25, 0.3) is 11.4 Å². The monoisotopic (exact) mass is 645 g/mol. The van der Waals surface area contributed by atoms with Crippen molar-refractivity contribution in [1.82, 2.24) is 36.2 Å². The number of nitrogens with zero attached hydrogens (tertiary/aromatic N) is 4. The Kier molecular flexibility index (Phi) is 12.4. The van der Waals surface area contributed by atoms with Crippen LogP contribution in [0, 0.1) is 5.92 Å². The average molecular weight is 647 g/mol. The van der Waals surface area contributed by atoms with E-state index in [0.29, 0.717) is 12.0 Å². The third kappa shape index (κ3) is 9.85. The SMILES string of the molecule is CC(C)[C@H](NC(=O)CCc1ccccc1)C(=O)N[C@@H](C)C(=O)NC(CC(=O)O)C(=O)Cn1nnc(-c2cccc(Cl)c2Cl)n1. The lowest BCUT2D eigenvalue weighted by molar-refractivity contribution is -0.140. The van der Waals surface area contributed by atoms with Gasteiger partial charge in [-0.25, -0.2) is 0 Å². The van der Waals surface area contributed by atoms with Gasteiger partial charge in [-0.15, -0.1) is 10.2 Å². The van der Waals surface area contributed by atoms with Gasteiger partial charge in [-0.05, 0) is 42.2 Å². The van der Waals surface area contributed by atoms with Crippen molar-refractivity contribution in [2.24, 2.45) is 5.92 Å². The summed E-state index contributed by atoms with van der Waals surface area (Å²) in [6.45, 7) is 4.37. The molecular formula is C29H33Cl2N7O6. The lowest BCUT2D eigenvalue weighted by atomic mass is 10.0. The Morgan fingerprint density at radius 1 is 0.909 bits per heavy atom. The zero-order valence-corrected chi connectivity index (χ0v) is 25.8. The molecule has 13 nitrogen and oxygen atoms in total. The van der Waals surface area contributed by atoms with Crippen LogP contribution < -0.4 is 16.0 Å². The second kappa shape index (κ2) is 15.9. The number of aromatic nitrogens is 4. The van der Waals surface area contributed by atoms with Crippen molar-refractivity contribution in [1.29, 1.82) is 0 Å². The molecule has 0 saturated carbocycles. The Labute approximate surface area is 263 Å². The van der Waals surface area contributed by atoms with Crippen LogP contribution in [0.3, 0.4) is 0 Å². The van der Waals surface area contributed by atoms with Crippen LogP contribution in [-0.2, 0) is 36.9 Å². The highest BCUT2D eigenvalue weighted by Gasteiger charge is 2.30. The highest BCUT2D eigenvalue weighted by molar-refractivity contribution is 6.43. The molecule has 0 aliphatic rings. The molecule has 3 rings (SSSR count). The molecule has 4 N–H and O–H groups in total. The predicted molar refractivity (Wildman–Crippen MR) is 162 cm³/mol. The van der Waals surface area contributed by atoms with Gasteiger partial charge in [0.15, 0.2) is 5.78 Å². The number of benzene rings is 2. The Hall–Kier alpha value is -4.36. The van der Waals surface area contributed by atoms with Crippen molar-refractivity contribution >= 4 is 52.7 Å². The molecular weight excluding hydrogens is 613 g/mol. The van der Waals surface area contributed by atoms with Crippen molar-refractivity contribution in [2.75, 3.05) is 0 Å². The largest absolute Gasteiger partial charge is 0.481 e. The van der Waals surface area contributed by atoms with Crippen LogP contribution >= 0.6 is 23.2 Å². The summed E-state index contributed by atoms with van der Waals surface area (Å²) < 4.78 is 0. The van der Waals surface area contributed by atoms with E-state index < -0.39 is 54.7 Å². The van der Waals surface area contributed by atoms with Crippen molar-refractivity contribution in [2.45, 2.75) is 64.7 Å². The molecule has 0 aliphatic heterocycles. The molecule has 234 valence electrons. The zero-order valence-electron chi connectivity index (χ0n) is 24.3. The zero-order chi connectivity index (χ0) is 32.4. The summed E-state index contributed by atoms with van der Waals surface area (Å²) in [7, 11) is 0. The molecule has 1 unspecified atom stereocenters. The summed E-state index contributed by atoms with van der Waals surface area (Å²) in [5.74, 6) is -3.98. The van der Waals surface area contributed by atoms with Gasteiger partial charge in [-0.1, -0.05) is 73.4 Å². The van der Waals surface area contributed by atoms with Crippen LogP contribution in [0.2, 0.25) is 10.0 Å².